The van der Waals surface area contributed by atoms with Crippen molar-refractivity contribution < 1.29 is 14.2 Å². The van der Waals surface area contributed by atoms with Crippen molar-refractivity contribution in [3.05, 3.63) is 24.0 Å². The Bertz CT molecular complexity index is 364. The molecule has 0 aliphatic carbocycles. The van der Waals surface area contributed by atoms with Crippen LogP contribution in [0.4, 0.5) is 0 Å². The molecule has 1 aliphatic heterocycles. The van der Waals surface area contributed by atoms with E-state index in [1.54, 1.807) is 13.3 Å². The van der Waals surface area contributed by atoms with Crippen molar-refractivity contribution in [2.45, 2.75) is 31.9 Å². The fourth-order valence-corrected chi connectivity index (χ4v) is 2.12. The van der Waals surface area contributed by atoms with Crippen LogP contribution < -0.4 is 10.1 Å². The zero-order chi connectivity index (χ0) is 14.0. The average molecular weight is 280 g/mol. The Hall–Kier alpha value is -1.17. The Labute approximate surface area is 120 Å². The highest BCUT2D eigenvalue weighted by Crippen LogP contribution is 2.15. The molecule has 2 heterocycles. The van der Waals surface area contributed by atoms with Crippen LogP contribution in [0.25, 0.3) is 0 Å². The number of methoxy groups -OCH3 is 1. The number of nitrogens with zero attached hydrogens (tertiary/aromatic N) is 1. The summed E-state index contributed by atoms with van der Waals surface area (Å²) in [4.78, 5) is 4.37. The molecule has 2 rings (SSSR count). The van der Waals surface area contributed by atoms with E-state index < -0.39 is 0 Å². The number of hydrogen-bond acceptors (Lipinski definition) is 5. The SMILES string of the molecule is COCCNCc1ccc(OCC2CCCCO2)cn1. The van der Waals surface area contributed by atoms with E-state index in [0.717, 1.165) is 37.6 Å². The predicted octanol–water partition coefficient (Wildman–Crippen LogP) is 1.77. The van der Waals surface area contributed by atoms with Crippen LogP contribution in [0.5, 0.6) is 5.75 Å². The lowest BCUT2D eigenvalue weighted by molar-refractivity contribution is -0.0111. The summed E-state index contributed by atoms with van der Waals surface area (Å²) >= 11 is 0. The van der Waals surface area contributed by atoms with Gasteiger partial charge in [0.1, 0.15) is 12.4 Å². The molecular weight excluding hydrogens is 256 g/mol. The van der Waals surface area contributed by atoms with Gasteiger partial charge in [-0.15, -0.1) is 0 Å². The Kier molecular flexibility index (Phi) is 6.77. The first-order valence-electron chi connectivity index (χ1n) is 7.27. The number of pyridine rings is 1. The minimum atomic E-state index is 0.235. The molecule has 1 aromatic rings. The number of nitrogens with one attached hydrogen (secondary N) is 1. The Morgan fingerprint density at radius 3 is 3.05 bits per heavy atom. The van der Waals surface area contributed by atoms with Gasteiger partial charge in [-0.25, -0.2) is 0 Å². The third-order valence-corrected chi connectivity index (χ3v) is 3.30. The molecule has 0 spiro atoms. The lowest BCUT2D eigenvalue weighted by Gasteiger charge is -2.22. The molecular formula is C15H24N2O3. The number of hydrogen-bond donors (Lipinski definition) is 1. The summed E-state index contributed by atoms with van der Waals surface area (Å²) in [5.41, 5.74) is 1.00. The van der Waals surface area contributed by atoms with Gasteiger partial charge in [-0.3, -0.25) is 4.98 Å². The summed E-state index contributed by atoms with van der Waals surface area (Å²) < 4.78 is 16.3. The third-order valence-electron chi connectivity index (χ3n) is 3.30. The fourth-order valence-electron chi connectivity index (χ4n) is 2.12. The van der Waals surface area contributed by atoms with Crippen LogP contribution in [0.2, 0.25) is 0 Å². The minimum absolute atomic E-state index is 0.235. The van der Waals surface area contributed by atoms with Gasteiger partial charge in [0.25, 0.3) is 0 Å². The molecule has 1 fully saturated rings. The molecule has 5 heteroatoms. The van der Waals surface area contributed by atoms with Crippen LogP contribution in [-0.2, 0) is 16.0 Å². The third kappa shape index (κ3) is 5.45. The molecule has 1 aliphatic rings. The molecule has 0 radical (unpaired) electrons. The summed E-state index contributed by atoms with van der Waals surface area (Å²) in [7, 11) is 1.70. The van der Waals surface area contributed by atoms with Crippen molar-refractivity contribution in [3.63, 3.8) is 0 Å². The van der Waals surface area contributed by atoms with Crippen LogP contribution >= 0.6 is 0 Å². The molecule has 0 aromatic carbocycles. The lowest BCUT2D eigenvalue weighted by atomic mass is 10.1. The van der Waals surface area contributed by atoms with Gasteiger partial charge in [-0.2, -0.15) is 0 Å². The van der Waals surface area contributed by atoms with Crippen LogP contribution in [0.1, 0.15) is 25.0 Å². The zero-order valence-electron chi connectivity index (χ0n) is 12.1. The monoisotopic (exact) mass is 280 g/mol. The number of rotatable bonds is 8. The van der Waals surface area contributed by atoms with Gasteiger partial charge in [0.05, 0.1) is 24.6 Å². The molecule has 0 saturated carbocycles. The topological polar surface area (TPSA) is 52.6 Å². The Morgan fingerprint density at radius 2 is 2.35 bits per heavy atom. The molecule has 0 amide bonds. The van der Waals surface area contributed by atoms with Crippen molar-refractivity contribution in [3.8, 4) is 5.75 Å². The lowest BCUT2D eigenvalue weighted by Crippen LogP contribution is -2.25. The molecule has 1 aromatic heterocycles. The molecule has 20 heavy (non-hydrogen) atoms. The fraction of sp³-hybridized carbons (Fsp3) is 0.667. The summed E-state index contributed by atoms with van der Waals surface area (Å²) in [6.45, 7) is 3.76. The van der Waals surface area contributed by atoms with Crippen molar-refractivity contribution >= 4 is 0 Å². The van der Waals surface area contributed by atoms with Crippen LogP contribution in [0.3, 0.4) is 0 Å². The number of ether oxygens (including phenoxy) is 3. The van der Waals surface area contributed by atoms with Crippen molar-refractivity contribution in [2.75, 3.05) is 33.5 Å². The quantitative estimate of drug-likeness (QED) is 0.735. The number of aromatic nitrogens is 1. The summed E-state index contributed by atoms with van der Waals surface area (Å²) in [5, 5.41) is 3.26. The minimum Gasteiger partial charge on any atom is -0.489 e. The second-order valence-electron chi connectivity index (χ2n) is 4.95. The van der Waals surface area contributed by atoms with Gasteiger partial charge in [0.2, 0.25) is 0 Å². The van der Waals surface area contributed by atoms with Gasteiger partial charge in [0, 0.05) is 26.8 Å². The molecule has 112 valence electrons. The predicted molar refractivity (Wildman–Crippen MR) is 76.9 cm³/mol. The van der Waals surface area contributed by atoms with Crippen LogP contribution in [0.15, 0.2) is 18.3 Å². The van der Waals surface area contributed by atoms with Crippen molar-refractivity contribution in [1.82, 2.24) is 10.3 Å². The molecule has 1 unspecified atom stereocenters. The first-order valence-corrected chi connectivity index (χ1v) is 7.27. The van der Waals surface area contributed by atoms with E-state index in [9.17, 15) is 0 Å². The highest BCUT2D eigenvalue weighted by atomic mass is 16.5. The second-order valence-corrected chi connectivity index (χ2v) is 4.95. The molecule has 1 N–H and O–H groups in total. The van der Waals surface area contributed by atoms with Gasteiger partial charge < -0.3 is 19.5 Å². The standard InChI is InChI=1S/C15H24N2O3/c1-18-9-7-16-10-13-5-6-14(11-17-13)20-12-15-4-2-3-8-19-15/h5-6,11,15-16H,2-4,7-10,12H2,1H3. The van der Waals surface area contributed by atoms with Gasteiger partial charge in [0.15, 0.2) is 0 Å². The van der Waals surface area contributed by atoms with E-state index in [0.29, 0.717) is 13.2 Å². The van der Waals surface area contributed by atoms with E-state index in [4.69, 9.17) is 14.2 Å². The Balaban J connectivity index is 1.68. The van der Waals surface area contributed by atoms with Crippen molar-refractivity contribution in [1.29, 1.82) is 0 Å². The van der Waals surface area contributed by atoms with Crippen molar-refractivity contribution in [2.24, 2.45) is 0 Å². The maximum atomic E-state index is 5.72. The molecule has 0 bridgehead atoms. The maximum absolute atomic E-state index is 5.72. The summed E-state index contributed by atoms with van der Waals surface area (Å²) in [6.07, 6.45) is 5.51. The smallest absolute Gasteiger partial charge is 0.137 e. The maximum Gasteiger partial charge on any atom is 0.137 e. The summed E-state index contributed by atoms with van der Waals surface area (Å²) in [6, 6.07) is 3.94. The highest BCUT2D eigenvalue weighted by Gasteiger charge is 2.14. The largest absolute Gasteiger partial charge is 0.489 e. The van der Waals surface area contributed by atoms with Crippen LogP contribution in [0, 0.1) is 0 Å². The zero-order valence-corrected chi connectivity index (χ0v) is 12.1. The van der Waals surface area contributed by atoms with Crippen LogP contribution in [-0.4, -0.2) is 44.6 Å². The molecule has 5 nitrogen and oxygen atoms in total. The normalized spacial score (nSPS) is 18.9. The van der Waals surface area contributed by atoms with E-state index >= 15 is 0 Å². The average Bonchev–Trinajstić information content (AvgIpc) is 2.52. The molecule has 1 atom stereocenters. The van der Waals surface area contributed by atoms with E-state index in [1.807, 2.05) is 12.1 Å². The van der Waals surface area contributed by atoms with Gasteiger partial charge >= 0.3 is 0 Å². The van der Waals surface area contributed by atoms with E-state index in [-0.39, 0.29) is 6.10 Å². The van der Waals surface area contributed by atoms with Gasteiger partial charge in [-0.1, -0.05) is 0 Å². The van der Waals surface area contributed by atoms with Gasteiger partial charge in [-0.05, 0) is 31.4 Å². The second kappa shape index (κ2) is 8.89. The summed E-state index contributed by atoms with van der Waals surface area (Å²) in [5.74, 6) is 0.805. The first kappa shape index (κ1) is 15.2. The Morgan fingerprint density at radius 1 is 1.40 bits per heavy atom. The van der Waals surface area contributed by atoms with E-state index in [1.165, 1.54) is 12.8 Å². The molecule has 1 saturated heterocycles. The van der Waals surface area contributed by atoms with E-state index in [2.05, 4.69) is 10.3 Å². The highest BCUT2D eigenvalue weighted by molar-refractivity contribution is 5.19. The first-order chi connectivity index (χ1) is 9.88.